The van der Waals surface area contributed by atoms with E-state index in [1.54, 1.807) is 0 Å². The second-order valence-corrected chi connectivity index (χ2v) is 6.58. The van der Waals surface area contributed by atoms with Crippen molar-refractivity contribution in [2.24, 2.45) is 0 Å². The first-order valence-corrected chi connectivity index (χ1v) is 8.02. The van der Waals surface area contributed by atoms with Crippen LogP contribution in [0.15, 0.2) is 53.4 Å². The number of rotatable bonds is 4. The van der Waals surface area contributed by atoms with E-state index >= 15 is 0 Å². The Morgan fingerprint density at radius 1 is 1.14 bits per heavy atom. The minimum atomic E-state index is -3.38. The smallest absolute Gasteiger partial charge is 0.270 e. The molecule has 2 aromatic carbocycles. The maximum Gasteiger partial charge on any atom is 0.270 e. The van der Waals surface area contributed by atoms with Gasteiger partial charge in [-0.1, -0.05) is 12.1 Å². The number of hydrogen-bond acceptors (Lipinski definition) is 5. The number of non-ortho nitro benzene ring substituents is 1. The van der Waals surface area contributed by atoms with Crippen molar-refractivity contribution in [2.45, 2.75) is 4.90 Å². The molecule has 0 aliphatic heterocycles. The molecule has 2 aromatic rings. The Morgan fingerprint density at radius 2 is 1.82 bits per heavy atom. The lowest BCUT2D eigenvalue weighted by Gasteiger charge is -2.06. The summed E-state index contributed by atoms with van der Waals surface area (Å²) in [5.41, 5.74) is 0.205. The molecule has 0 radical (unpaired) electrons. The molecule has 1 amide bonds. The molecule has 0 heterocycles. The molecule has 22 heavy (non-hydrogen) atoms. The molecular formula is C14H12N2O5S. The molecule has 7 nitrogen and oxygen atoms in total. The summed E-state index contributed by atoms with van der Waals surface area (Å²) in [6, 6.07) is 11.0. The van der Waals surface area contributed by atoms with E-state index in [1.165, 1.54) is 42.5 Å². The average Bonchev–Trinajstić information content (AvgIpc) is 2.46. The molecule has 0 saturated heterocycles. The van der Waals surface area contributed by atoms with Crippen molar-refractivity contribution < 1.29 is 18.1 Å². The van der Waals surface area contributed by atoms with Gasteiger partial charge >= 0.3 is 0 Å². The number of nitrogens with one attached hydrogen (secondary N) is 1. The molecule has 8 heteroatoms. The number of benzene rings is 2. The van der Waals surface area contributed by atoms with Gasteiger partial charge in [-0.15, -0.1) is 0 Å². The van der Waals surface area contributed by atoms with E-state index in [0.717, 1.165) is 12.3 Å². The van der Waals surface area contributed by atoms with E-state index < -0.39 is 20.7 Å². The first-order valence-electron chi connectivity index (χ1n) is 6.13. The van der Waals surface area contributed by atoms with Gasteiger partial charge in [0.2, 0.25) is 0 Å². The predicted molar refractivity (Wildman–Crippen MR) is 80.6 cm³/mol. The number of hydrogen-bond donors (Lipinski definition) is 1. The van der Waals surface area contributed by atoms with Crippen LogP contribution in [0, 0.1) is 10.1 Å². The van der Waals surface area contributed by atoms with Gasteiger partial charge in [0.05, 0.1) is 9.82 Å². The highest BCUT2D eigenvalue weighted by Crippen LogP contribution is 2.18. The van der Waals surface area contributed by atoms with E-state index in [0.29, 0.717) is 5.69 Å². The molecule has 2 rings (SSSR count). The minimum absolute atomic E-state index is 0.0735. The number of carbonyl (C=O) groups excluding carboxylic acids is 1. The largest absolute Gasteiger partial charge is 0.322 e. The topological polar surface area (TPSA) is 106 Å². The zero-order valence-corrected chi connectivity index (χ0v) is 12.3. The summed E-state index contributed by atoms with van der Waals surface area (Å²) in [4.78, 5) is 22.2. The summed E-state index contributed by atoms with van der Waals surface area (Å²) in [7, 11) is -3.38. The van der Waals surface area contributed by atoms with E-state index in [4.69, 9.17) is 0 Å². The van der Waals surface area contributed by atoms with Gasteiger partial charge in [-0.2, -0.15) is 0 Å². The molecule has 0 fully saturated rings. The molecule has 1 N–H and O–H groups in total. The fraction of sp³-hybridized carbons (Fsp3) is 0.0714. The SMILES string of the molecule is CS(=O)(=O)c1cccc(NC(=O)c2cccc([N+](=O)[O-])c2)c1. The van der Waals surface area contributed by atoms with Crippen molar-refractivity contribution in [1.82, 2.24) is 0 Å². The Labute approximate surface area is 126 Å². The van der Waals surface area contributed by atoms with E-state index in [1.807, 2.05) is 0 Å². The molecule has 0 aromatic heterocycles. The molecule has 0 aliphatic carbocycles. The number of amides is 1. The van der Waals surface area contributed by atoms with Crippen LogP contribution in [-0.4, -0.2) is 25.5 Å². The third kappa shape index (κ3) is 3.67. The highest BCUT2D eigenvalue weighted by molar-refractivity contribution is 7.90. The number of nitro groups is 1. The summed E-state index contributed by atoms with van der Waals surface area (Å²) in [5, 5.41) is 13.2. The lowest BCUT2D eigenvalue weighted by molar-refractivity contribution is -0.384. The van der Waals surface area contributed by atoms with Crippen LogP contribution in [0.25, 0.3) is 0 Å². The van der Waals surface area contributed by atoms with E-state index in [2.05, 4.69) is 5.32 Å². The lowest BCUT2D eigenvalue weighted by Crippen LogP contribution is -2.12. The van der Waals surface area contributed by atoms with Crippen LogP contribution in [-0.2, 0) is 9.84 Å². The van der Waals surface area contributed by atoms with Crippen molar-refractivity contribution >= 4 is 27.1 Å². The van der Waals surface area contributed by atoms with E-state index in [-0.39, 0.29) is 16.1 Å². The van der Waals surface area contributed by atoms with Crippen LogP contribution < -0.4 is 5.32 Å². The third-order valence-corrected chi connectivity index (χ3v) is 3.95. The molecular weight excluding hydrogens is 308 g/mol. The molecule has 0 aliphatic rings. The summed E-state index contributed by atoms with van der Waals surface area (Å²) in [6.07, 6.45) is 1.06. The monoisotopic (exact) mass is 320 g/mol. The van der Waals surface area contributed by atoms with Gasteiger partial charge in [-0.25, -0.2) is 8.42 Å². The fourth-order valence-corrected chi connectivity index (χ4v) is 2.44. The van der Waals surface area contributed by atoms with Crippen LogP contribution in [0.1, 0.15) is 10.4 Å². The first kappa shape index (κ1) is 15.6. The molecule has 0 unspecified atom stereocenters. The van der Waals surface area contributed by atoms with Gasteiger partial charge in [0.25, 0.3) is 11.6 Å². The van der Waals surface area contributed by atoms with Crippen LogP contribution in [0.4, 0.5) is 11.4 Å². The second kappa shape index (κ2) is 5.94. The number of nitro benzene ring substituents is 1. The zero-order valence-electron chi connectivity index (χ0n) is 11.5. The van der Waals surface area contributed by atoms with Crippen LogP contribution in [0.5, 0.6) is 0 Å². The summed E-state index contributed by atoms with van der Waals surface area (Å²) >= 11 is 0. The van der Waals surface area contributed by atoms with Crippen molar-refractivity contribution in [3.8, 4) is 0 Å². The van der Waals surface area contributed by atoms with E-state index in [9.17, 15) is 23.3 Å². The lowest BCUT2D eigenvalue weighted by atomic mass is 10.2. The Bertz CT molecular complexity index is 846. The summed E-state index contributed by atoms with van der Waals surface area (Å²) in [6.45, 7) is 0. The average molecular weight is 320 g/mol. The quantitative estimate of drug-likeness (QED) is 0.687. The van der Waals surface area contributed by atoms with Crippen LogP contribution in [0.3, 0.4) is 0 Å². The van der Waals surface area contributed by atoms with Crippen molar-refractivity contribution in [1.29, 1.82) is 0 Å². The molecule has 0 atom stereocenters. The number of anilines is 1. The number of sulfone groups is 1. The Morgan fingerprint density at radius 3 is 2.45 bits per heavy atom. The van der Waals surface area contributed by atoms with Crippen LogP contribution >= 0.6 is 0 Å². The van der Waals surface area contributed by atoms with Gasteiger partial charge in [-0.05, 0) is 24.3 Å². The van der Waals surface area contributed by atoms with Gasteiger partial charge in [0.1, 0.15) is 0 Å². The minimum Gasteiger partial charge on any atom is -0.322 e. The van der Waals surface area contributed by atoms with Gasteiger partial charge in [0, 0.05) is 29.6 Å². The van der Waals surface area contributed by atoms with Crippen molar-refractivity contribution in [3.63, 3.8) is 0 Å². The predicted octanol–water partition coefficient (Wildman–Crippen LogP) is 2.25. The standard InChI is InChI=1S/C14H12N2O5S/c1-22(20,21)13-7-3-5-11(9-13)15-14(17)10-4-2-6-12(8-10)16(18)19/h2-9H,1H3,(H,15,17). The van der Waals surface area contributed by atoms with Crippen LogP contribution in [0.2, 0.25) is 0 Å². The molecule has 0 bridgehead atoms. The maximum atomic E-state index is 12.1. The number of carbonyl (C=O) groups is 1. The first-order chi connectivity index (χ1) is 10.3. The van der Waals surface area contributed by atoms with Crippen molar-refractivity contribution in [3.05, 3.63) is 64.2 Å². The Kier molecular flexibility index (Phi) is 4.22. The summed E-state index contributed by atoms with van der Waals surface area (Å²) < 4.78 is 22.9. The molecule has 114 valence electrons. The van der Waals surface area contributed by atoms with Gasteiger partial charge < -0.3 is 5.32 Å². The molecule has 0 saturated carbocycles. The van der Waals surface area contributed by atoms with Crippen molar-refractivity contribution in [2.75, 3.05) is 11.6 Å². The number of nitrogens with zero attached hydrogens (tertiary/aromatic N) is 1. The molecule has 0 spiro atoms. The normalized spacial score (nSPS) is 11.0. The Hall–Kier alpha value is -2.74. The third-order valence-electron chi connectivity index (χ3n) is 2.84. The maximum absolute atomic E-state index is 12.1. The van der Waals surface area contributed by atoms with Gasteiger partial charge in [0.15, 0.2) is 9.84 Å². The highest BCUT2D eigenvalue weighted by Gasteiger charge is 2.13. The highest BCUT2D eigenvalue weighted by atomic mass is 32.2. The second-order valence-electron chi connectivity index (χ2n) is 4.56. The Balaban J connectivity index is 2.26. The fourth-order valence-electron chi connectivity index (χ4n) is 1.77. The summed E-state index contributed by atoms with van der Waals surface area (Å²) in [5.74, 6) is -0.561. The zero-order chi connectivity index (χ0) is 16.3. The van der Waals surface area contributed by atoms with Gasteiger partial charge in [-0.3, -0.25) is 14.9 Å².